The van der Waals surface area contributed by atoms with Crippen LogP contribution in [0.4, 0.5) is 28.0 Å². The Morgan fingerprint density at radius 3 is 2.29 bits per heavy atom. The molecule has 1 N–H and O–H groups in total. The number of nitrogens with zero attached hydrogens (tertiary/aromatic N) is 2. The molecule has 1 aliphatic rings. The summed E-state index contributed by atoms with van der Waals surface area (Å²) >= 11 is 0. The van der Waals surface area contributed by atoms with E-state index in [0.717, 1.165) is 6.07 Å². The second-order valence-corrected chi connectivity index (χ2v) is 7.44. The molecule has 0 spiro atoms. The molecule has 1 aromatic rings. The number of aliphatic hydroxyl groups excluding tert-OH is 1. The number of halogens is 4. The number of piperazine rings is 1. The Morgan fingerprint density at radius 1 is 1.18 bits per heavy atom. The van der Waals surface area contributed by atoms with Crippen molar-refractivity contribution >= 4 is 11.8 Å². The zero-order valence-corrected chi connectivity index (χ0v) is 15.9. The number of ether oxygens (including phenoxy) is 2. The van der Waals surface area contributed by atoms with Crippen LogP contribution in [0.2, 0.25) is 0 Å². The Balaban J connectivity index is 1.92. The molecule has 0 radical (unpaired) electrons. The van der Waals surface area contributed by atoms with Gasteiger partial charge in [-0.1, -0.05) is 0 Å². The molecule has 2 rings (SSSR count). The number of aliphatic hydroxyl groups is 1. The highest BCUT2D eigenvalue weighted by Gasteiger charge is 2.38. The molecule has 10 heteroatoms. The van der Waals surface area contributed by atoms with Crippen LogP contribution in [0.3, 0.4) is 0 Å². The fraction of sp³-hybridized carbons (Fsp3) is 0.611. The molecule has 0 aromatic heterocycles. The predicted molar refractivity (Wildman–Crippen MR) is 94.0 cm³/mol. The van der Waals surface area contributed by atoms with Crippen LogP contribution in [0.1, 0.15) is 20.8 Å². The van der Waals surface area contributed by atoms with Crippen LogP contribution in [0.25, 0.3) is 0 Å². The van der Waals surface area contributed by atoms with Crippen LogP contribution in [0, 0.1) is 5.82 Å². The van der Waals surface area contributed by atoms with Gasteiger partial charge in [-0.3, -0.25) is 0 Å². The average molecular weight is 408 g/mol. The van der Waals surface area contributed by atoms with Gasteiger partial charge < -0.3 is 24.4 Å². The Labute approximate surface area is 160 Å². The van der Waals surface area contributed by atoms with E-state index in [1.54, 1.807) is 25.7 Å². The Morgan fingerprint density at radius 2 is 1.79 bits per heavy atom. The van der Waals surface area contributed by atoms with E-state index in [9.17, 15) is 22.4 Å². The largest absolute Gasteiger partial charge is 0.490 e. The van der Waals surface area contributed by atoms with Gasteiger partial charge in [0.2, 0.25) is 0 Å². The standard InChI is InChI=1S/C18H24F4N2O4/c1-17(2,3)28-16(26)24-8-6-23(7-9-24)14-5-4-12(10-13(14)19)27-11-15(25)18(20,21)22/h4-5,10,15,25H,6-9,11H2,1-3H3. The number of benzene rings is 1. The van der Waals surface area contributed by atoms with E-state index in [0.29, 0.717) is 26.2 Å². The normalized spacial score (nSPS) is 16.7. The van der Waals surface area contributed by atoms with Crippen LogP contribution >= 0.6 is 0 Å². The van der Waals surface area contributed by atoms with Crippen molar-refractivity contribution in [2.75, 3.05) is 37.7 Å². The minimum atomic E-state index is -4.80. The van der Waals surface area contributed by atoms with E-state index in [2.05, 4.69) is 0 Å². The number of rotatable bonds is 4. The molecule has 1 saturated heterocycles. The molecule has 6 nitrogen and oxygen atoms in total. The first kappa shape index (κ1) is 22.1. The summed E-state index contributed by atoms with van der Waals surface area (Å²) in [6, 6.07) is 3.70. The molecule has 1 heterocycles. The van der Waals surface area contributed by atoms with Gasteiger partial charge in [-0.2, -0.15) is 13.2 Å². The smallest absolute Gasteiger partial charge is 0.417 e. The topological polar surface area (TPSA) is 62.2 Å². The molecule has 1 aromatic carbocycles. The first-order valence-electron chi connectivity index (χ1n) is 8.77. The number of hydrogen-bond donors (Lipinski definition) is 1. The monoisotopic (exact) mass is 408 g/mol. The van der Waals surface area contributed by atoms with E-state index in [4.69, 9.17) is 14.6 Å². The quantitative estimate of drug-likeness (QED) is 0.776. The Hall–Kier alpha value is -2.23. The number of carbonyl (C=O) groups is 1. The predicted octanol–water partition coefficient (Wildman–Crippen LogP) is 3.18. The van der Waals surface area contributed by atoms with E-state index >= 15 is 0 Å². The van der Waals surface area contributed by atoms with Gasteiger partial charge in [0.25, 0.3) is 0 Å². The van der Waals surface area contributed by atoms with Crippen molar-refractivity contribution in [3.63, 3.8) is 0 Å². The van der Waals surface area contributed by atoms with Crippen LogP contribution in [-0.4, -0.2) is 66.8 Å². The average Bonchev–Trinajstić information content (AvgIpc) is 2.57. The van der Waals surface area contributed by atoms with Gasteiger partial charge in [-0.25, -0.2) is 9.18 Å². The highest BCUT2D eigenvalue weighted by molar-refractivity contribution is 5.68. The first-order chi connectivity index (χ1) is 12.9. The van der Waals surface area contributed by atoms with Crippen molar-refractivity contribution in [2.45, 2.75) is 38.7 Å². The van der Waals surface area contributed by atoms with E-state index in [-0.39, 0.29) is 11.4 Å². The van der Waals surface area contributed by atoms with Crippen LogP contribution < -0.4 is 9.64 Å². The van der Waals surface area contributed by atoms with E-state index in [1.165, 1.54) is 17.0 Å². The van der Waals surface area contributed by atoms with Gasteiger partial charge in [0.15, 0.2) is 6.10 Å². The number of anilines is 1. The lowest BCUT2D eigenvalue weighted by molar-refractivity contribution is -0.210. The zero-order valence-electron chi connectivity index (χ0n) is 15.9. The molecule has 1 aliphatic heterocycles. The third kappa shape index (κ3) is 6.15. The molecule has 1 fully saturated rings. The van der Waals surface area contributed by atoms with E-state index in [1.807, 2.05) is 0 Å². The van der Waals surface area contributed by atoms with Gasteiger partial charge >= 0.3 is 12.3 Å². The van der Waals surface area contributed by atoms with Gasteiger partial charge in [-0.05, 0) is 32.9 Å². The number of alkyl halides is 3. The molecule has 1 unspecified atom stereocenters. The summed E-state index contributed by atoms with van der Waals surface area (Å²) in [6.45, 7) is 5.76. The molecule has 158 valence electrons. The minimum Gasteiger partial charge on any atom is -0.490 e. The fourth-order valence-corrected chi connectivity index (χ4v) is 2.56. The zero-order chi connectivity index (χ0) is 21.1. The van der Waals surface area contributed by atoms with Crippen LogP contribution in [0.15, 0.2) is 18.2 Å². The summed E-state index contributed by atoms with van der Waals surface area (Å²) in [7, 11) is 0. The third-order valence-electron chi connectivity index (χ3n) is 3.98. The fourth-order valence-electron chi connectivity index (χ4n) is 2.56. The summed E-state index contributed by atoms with van der Waals surface area (Å²) in [5, 5.41) is 8.92. The molecule has 0 aliphatic carbocycles. The van der Waals surface area contributed by atoms with Crippen LogP contribution in [0.5, 0.6) is 5.75 Å². The molecular formula is C18H24F4N2O4. The van der Waals surface area contributed by atoms with Crippen molar-refractivity contribution < 1.29 is 36.9 Å². The van der Waals surface area contributed by atoms with Crippen molar-refractivity contribution in [3.05, 3.63) is 24.0 Å². The third-order valence-corrected chi connectivity index (χ3v) is 3.98. The molecular weight excluding hydrogens is 384 g/mol. The van der Waals surface area contributed by atoms with Crippen molar-refractivity contribution in [3.8, 4) is 5.75 Å². The Bertz CT molecular complexity index is 683. The molecule has 28 heavy (non-hydrogen) atoms. The number of hydrogen-bond acceptors (Lipinski definition) is 5. The maximum Gasteiger partial charge on any atom is 0.417 e. The number of carbonyl (C=O) groups excluding carboxylic acids is 1. The van der Waals surface area contributed by atoms with Gasteiger partial charge in [0.1, 0.15) is 23.8 Å². The lowest BCUT2D eigenvalue weighted by Gasteiger charge is -2.36. The van der Waals surface area contributed by atoms with Crippen molar-refractivity contribution in [2.24, 2.45) is 0 Å². The Kier molecular flexibility index (Phi) is 6.63. The highest BCUT2D eigenvalue weighted by atomic mass is 19.4. The summed E-state index contributed by atoms with van der Waals surface area (Å²) in [5.41, 5.74) is -0.344. The SMILES string of the molecule is CC(C)(C)OC(=O)N1CCN(c2ccc(OCC(O)C(F)(F)F)cc2F)CC1. The van der Waals surface area contributed by atoms with Gasteiger partial charge in [0.05, 0.1) is 5.69 Å². The maximum atomic E-state index is 14.4. The molecule has 0 saturated carbocycles. The second kappa shape index (κ2) is 8.42. The minimum absolute atomic E-state index is 0.114. The molecule has 1 atom stereocenters. The van der Waals surface area contributed by atoms with Gasteiger partial charge in [0, 0.05) is 32.2 Å². The summed E-state index contributed by atoms with van der Waals surface area (Å²) in [6.07, 6.45) is -7.87. The first-order valence-corrected chi connectivity index (χ1v) is 8.77. The lowest BCUT2D eigenvalue weighted by atomic mass is 10.2. The molecule has 1 amide bonds. The number of amides is 1. The van der Waals surface area contributed by atoms with Crippen molar-refractivity contribution in [1.82, 2.24) is 4.90 Å². The second-order valence-electron chi connectivity index (χ2n) is 7.44. The maximum absolute atomic E-state index is 14.4. The highest BCUT2D eigenvalue weighted by Crippen LogP contribution is 2.27. The van der Waals surface area contributed by atoms with Gasteiger partial charge in [-0.15, -0.1) is 0 Å². The van der Waals surface area contributed by atoms with Crippen molar-refractivity contribution in [1.29, 1.82) is 0 Å². The summed E-state index contributed by atoms with van der Waals surface area (Å²) < 4.78 is 61.3. The summed E-state index contributed by atoms with van der Waals surface area (Å²) in [5.74, 6) is -0.776. The molecule has 0 bridgehead atoms. The lowest BCUT2D eigenvalue weighted by Crippen LogP contribution is -2.50. The van der Waals surface area contributed by atoms with E-state index < -0.39 is 36.4 Å². The summed E-state index contributed by atoms with van der Waals surface area (Å²) in [4.78, 5) is 15.3. The van der Waals surface area contributed by atoms with Crippen LogP contribution in [-0.2, 0) is 4.74 Å².